The lowest BCUT2D eigenvalue weighted by Gasteiger charge is -2.26. The second-order valence-corrected chi connectivity index (χ2v) is 6.61. The van der Waals surface area contributed by atoms with Crippen LogP contribution in [0.5, 0.6) is 5.75 Å². The zero-order chi connectivity index (χ0) is 16.8. The zero-order valence-corrected chi connectivity index (χ0v) is 15.3. The second kappa shape index (κ2) is 9.64. The van der Waals surface area contributed by atoms with E-state index in [1.54, 1.807) is 0 Å². The molecule has 1 aliphatic carbocycles. The van der Waals surface area contributed by atoms with Gasteiger partial charge in [-0.3, -0.25) is 4.79 Å². The van der Waals surface area contributed by atoms with Crippen LogP contribution in [0.15, 0.2) is 42.5 Å². The molecular formula is C20H27ClN2O2. The molecule has 0 atom stereocenters. The second-order valence-electron chi connectivity index (χ2n) is 6.61. The Morgan fingerprint density at radius 3 is 2.60 bits per heavy atom. The Labute approximate surface area is 155 Å². The fraction of sp³-hybridized carbons (Fsp3) is 0.450. The molecule has 0 aromatic heterocycles. The maximum absolute atomic E-state index is 12.0. The van der Waals surface area contributed by atoms with E-state index in [2.05, 4.69) is 23.5 Å². The quantitative estimate of drug-likeness (QED) is 0.768. The Balaban J connectivity index is 0.00000225. The van der Waals surface area contributed by atoms with Crippen LogP contribution in [0.2, 0.25) is 0 Å². The highest BCUT2D eigenvalue weighted by Gasteiger charge is 2.19. The van der Waals surface area contributed by atoms with Gasteiger partial charge in [-0.05, 0) is 43.6 Å². The number of hydrogen-bond acceptors (Lipinski definition) is 3. The molecule has 1 fully saturated rings. The van der Waals surface area contributed by atoms with Gasteiger partial charge in [0.2, 0.25) is 5.91 Å². The molecular weight excluding hydrogens is 336 g/mol. The number of hydrogen-bond donors (Lipinski definition) is 2. The first kappa shape index (κ1) is 19.5. The monoisotopic (exact) mass is 362 g/mol. The molecule has 0 radical (unpaired) electrons. The summed E-state index contributed by atoms with van der Waals surface area (Å²) in [5.41, 5.74) is 5.89. The molecule has 0 bridgehead atoms. The summed E-state index contributed by atoms with van der Waals surface area (Å²) in [6, 6.07) is 14.8. The van der Waals surface area contributed by atoms with Gasteiger partial charge in [0.25, 0.3) is 0 Å². The van der Waals surface area contributed by atoms with E-state index in [0.29, 0.717) is 25.1 Å². The van der Waals surface area contributed by atoms with Crippen LogP contribution in [0.1, 0.15) is 38.5 Å². The first-order valence-electron chi connectivity index (χ1n) is 8.88. The lowest BCUT2D eigenvalue weighted by molar-refractivity contribution is -0.122. The van der Waals surface area contributed by atoms with Crippen LogP contribution >= 0.6 is 12.4 Å². The molecule has 1 aliphatic rings. The minimum Gasteiger partial charge on any atom is -0.493 e. The molecule has 0 saturated heterocycles. The summed E-state index contributed by atoms with van der Waals surface area (Å²) in [5.74, 6) is 1.01. The third-order valence-corrected chi connectivity index (χ3v) is 4.69. The number of ether oxygens (including phenoxy) is 1. The Morgan fingerprint density at radius 2 is 1.80 bits per heavy atom. The van der Waals surface area contributed by atoms with Gasteiger partial charge < -0.3 is 15.8 Å². The average molecular weight is 363 g/mol. The van der Waals surface area contributed by atoms with Crippen molar-refractivity contribution in [3.05, 3.63) is 42.5 Å². The molecule has 25 heavy (non-hydrogen) atoms. The molecule has 0 heterocycles. The molecule has 1 saturated carbocycles. The number of amides is 1. The highest BCUT2D eigenvalue weighted by molar-refractivity contribution is 5.88. The lowest BCUT2D eigenvalue weighted by atomic mass is 9.92. The zero-order valence-electron chi connectivity index (χ0n) is 14.4. The van der Waals surface area contributed by atoms with E-state index in [1.165, 1.54) is 5.39 Å². The molecule has 4 nitrogen and oxygen atoms in total. The van der Waals surface area contributed by atoms with Gasteiger partial charge >= 0.3 is 0 Å². The molecule has 2 aromatic carbocycles. The molecule has 3 rings (SSSR count). The van der Waals surface area contributed by atoms with Gasteiger partial charge in [0.1, 0.15) is 5.75 Å². The van der Waals surface area contributed by atoms with Crippen molar-refractivity contribution in [2.24, 2.45) is 5.73 Å². The van der Waals surface area contributed by atoms with Gasteiger partial charge in [-0.25, -0.2) is 0 Å². The Bertz CT molecular complexity index is 679. The van der Waals surface area contributed by atoms with Gasteiger partial charge in [-0.15, -0.1) is 12.4 Å². The SMILES string of the molecule is Cl.NC1CCC(NC(=O)CCCOc2cccc3ccccc23)CC1. The van der Waals surface area contributed by atoms with Crippen LogP contribution in [0.25, 0.3) is 10.8 Å². The van der Waals surface area contributed by atoms with Gasteiger partial charge in [-0.2, -0.15) is 0 Å². The molecule has 0 unspecified atom stereocenters. The molecule has 0 spiro atoms. The summed E-state index contributed by atoms with van der Waals surface area (Å²) in [4.78, 5) is 12.0. The normalized spacial score (nSPS) is 19.9. The van der Waals surface area contributed by atoms with Crippen molar-refractivity contribution >= 4 is 29.1 Å². The van der Waals surface area contributed by atoms with E-state index in [9.17, 15) is 4.79 Å². The predicted molar refractivity (Wildman–Crippen MR) is 104 cm³/mol. The van der Waals surface area contributed by atoms with Crippen molar-refractivity contribution in [1.29, 1.82) is 0 Å². The van der Waals surface area contributed by atoms with Gasteiger partial charge in [0.15, 0.2) is 0 Å². The van der Waals surface area contributed by atoms with Crippen molar-refractivity contribution < 1.29 is 9.53 Å². The summed E-state index contributed by atoms with van der Waals surface area (Å²) in [6.07, 6.45) is 5.25. The van der Waals surface area contributed by atoms with E-state index >= 15 is 0 Å². The smallest absolute Gasteiger partial charge is 0.220 e. The van der Waals surface area contributed by atoms with Crippen LogP contribution in [-0.4, -0.2) is 24.6 Å². The Morgan fingerprint density at radius 1 is 1.08 bits per heavy atom. The molecule has 136 valence electrons. The Kier molecular flexibility index (Phi) is 7.53. The number of carbonyl (C=O) groups excluding carboxylic acids is 1. The third kappa shape index (κ3) is 5.62. The Hall–Kier alpha value is -1.78. The lowest BCUT2D eigenvalue weighted by Crippen LogP contribution is -2.40. The summed E-state index contributed by atoms with van der Waals surface area (Å²) >= 11 is 0. The van der Waals surface area contributed by atoms with Crippen molar-refractivity contribution in [3.63, 3.8) is 0 Å². The minimum atomic E-state index is 0. The first-order valence-corrected chi connectivity index (χ1v) is 8.88. The number of fused-ring (bicyclic) bond motifs is 1. The maximum atomic E-state index is 12.0. The predicted octanol–water partition coefficient (Wildman–Crippen LogP) is 3.81. The van der Waals surface area contributed by atoms with Crippen molar-refractivity contribution in [2.45, 2.75) is 50.6 Å². The van der Waals surface area contributed by atoms with Crippen LogP contribution < -0.4 is 15.8 Å². The number of benzene rings is 2. The van der Waals surface area contributed by atoms with Gasteiger partial charge in [0, 0.05) is 23.9 Å². The molecule has 0 aliphatic heterocycles. The van der Waals surface area contributed by atoms with Crippen LogP contribution in [0.3, 0.4) is 0 Å². The van der Waals surface area contributed by atoms with Crippen LogP contribution in [0, 0.1) is 0 Å². The third-order valence-electron chi connectivity index (χ3n) is 4.69. The highest BCUT2D eigenvalue weighted by atomic mass is 35.5. The van der Waals surface area contributed by atoms with E-state index in [4.69, 9.17) is 10.5 Å². The minimum absolute atomic E-state index is 0. The van der Waals surface area contributed by atoms with Gasteiger partial charge in [0.05, 0.1) is 6.61 Å². The fourth-order valence-corrected chi connectivity index (χ4v) is 3.30. The van der Waals surface area contributed by atoms with E-state index in [1.807, 2.05) is 24.3 Å². The van der Waals surface area contributed by atoms with E-state index in [0.717, 1.165) is 43.2 Å². The van der Waals surface area contributed by atoms with Crippen molar-refractivity contribution in [3.8, 4) is 5.75 Å². The van der Waals surface area contributed by atoms with Crippen molar-refractivity contribution in [2.75, 3.05) is 6.61 Å². The largest absolute Gasteiger partial charge is 0.493 e. The standard InChI is InChI=1S/C20H26N2O2.ClH/c21-16-10-12-17(13-11-16)22-20(23)9-4-14-24-19-8-3-6-15-5-1-2-7-18(15)19;/h1-3,5-8,16-17H,4,9-14,21H2,(H,22,23);1H. The highest BCUT2D eigenvalue weighted by Crippen LogP contribution is 2.25. The number of carbonyl (C=O) groups is 1. The number of rotatable bonds is 6. The van der Waals surface area contributed by atoms with E-state index < -0.39 is 0 Å². The number of nitrogens with two attached hydrogens (primary N) is 1. The number of halogens is 1. The maximum Gasteiger partial charge on any atom is 0.220 e. The van der Waals surface area contributed by atoms with E-state index in [-0.39, 0.29) is 18.3 Å². The molecule has 3 N–H and O–H groups in total. The first-order chi connectivity index (χ1) is 11.7. The summed E-state index contributed by atoms with van der Waals surface area (Å²) in [7, 11) is 0. The topological polar surface area (TPSA) is 64.3 Å². The molecule has 2 aromatic rings. The molecule has 5 heteroatoms. The average Bonchev–Trinajstić information content (AvgIpc) is 2.61. The van der Waals surface area contributed by atoms with Crippen LogP contribution in [-0.2, 0) is 4.79 Å². The summed E-state index contributed by atoms with van der Waals surface area (Å²) in [6.45, 7) is 0.553. The van der Waals surface area contributed by atoms with Crippen LogP contribution in [0.4, 0.5) is 0 Å². The summed E-state index contributed by atoms with van der Waals surface area (Å²) < 4.78 is 5.88. The fourth-order valence-electron chi connectivity index (χ4n) is 3.30. The summed E-state index contributed by atoms with van der Waals surface area (Å²) in [5, 5.41) is 5.40. The molecule has 1 amide bonds. The van der Waals surface area contributed by atoms with Crippen molar-refractivity contribution in [1.82, 2.24) is 5.32 Å². The number of nitrogens with one attached hydrogen (secondary N) is 1. The van der Waals surface area contributed by atoms with Gasteiger partial charge in [-0.1, -0.05) is 36.4 Å².